The first-order valence-corrected chi connectivity index (χ1v) is 6.67. The Labute approximate surface area is 123 Å². The number of rotatable bonds is 5. The molecular formula is C16H18N2O3. The number of ether oxygens (including phenoxy) is 1. The van der Waals surface area contributed by atoms with Gasteiger partial charge in [0.1, 0.15) is 5.75 Å². The van der Waals surface area contributed by atoms with Gasteiger partial charge in [-0.3, -0.25) is 9.59 Å². The lowest BCUT2D eigenvalue weighted by Gasteiger charge is -2.09. The number of hydrogen-bond donors (Lipinski definition) is 1. The van der Waals surface area contributed by atoms with Gasteiger partial charge in [-0.1, -0.05) is 24.3 Å². The fourth-order valence-electron chi connectivity index (χ4n) is 1.87. The Hall–Kier alpha value is -2.56. The maximum Gasteiger partial charge on any atom is 0.258 e. The lowest BCUT2D eigenvalue weighted by Crippen LogP contribution is -2.29. The number of carbonyl (C=O) groups excluding carboxylic acids is 1. The summed E-state index contributed by atoms with van der Waals surface area (Å²) in [6.45, 7) is 2.26. The third kappa shape index (κ3) is 4.21. The summed E-state index contributed by atoms with van der Waals surface area (Å²) in [4.78, 5) is 23.0. The van der Waals surface area contributed by atoms with Crippen LogP contribution in [0.15, 0.2) is 47.4 Å². The minimum atomic E-state index is -0.202. The molecule has 0 bridgehead atoms. The van der Waals surface area contributed by atoms with E-state index in [0.717, 1.165) is 11.1 Å². The Kier molecular flexibility index (Phi) is 4.77. The van der Waals surface area contributed by atoms with Crippen LogP contribution in [0.25, 0.3) is 0 Å². The van der Waals surface area contributed by atoms with E-state index in [1.54, 1.807) is 19.3 Å². The lowest BCUT2D eigenvalue weighted by molar-refractivity contribution is -0.123. The van der Waals surface area contributed by atoms with Crippen LogP contribution in [-0.2, 0) is 18.4 Å². The first kappa shape index (κ1) is 14.8. The van der Waals surface area contributed by atoms with Gasteiger partial charge in [0.25, 0.3) is 5.91 Å². The minimum absolute atomic E-state index is 0.0311. The average Bonchev–Trinajstić information content (AvgIpc) is 2.47. The van der Waals surface area contributed by atoms with E-state index >= 15 is 0 Å². The molecule has 1 heterocycles. The van der Waals surface area contributed by atoms with Crippen LogP contribution in [0, 0.1) is 6.92 Å². The molecule has 0 saturated carbocycles. The van der Waals surface area contributed by atoms with Crippen LogP contribution in [-0.4, -0.2) is 17.1 Å². The summed E-state index contributed by atoms with van der Waals surface area (Å²) in [5.41, 5.74) is 1.78. The van der Waals surface area contributed by atoms with Crippen molar-refractivity contribution >= 4 is 5.91 Å². The van der Waals surface area contributed by atoms with Gasteiger partial charge in [0.15, 0.2) is 6.61 Å². The van der Waals surface area contributed by atoms with Crippen LogP contribution in [0.4, 0.5) is 0 Å². The van der Waals surface area contributed by atoms with Crippen molar-refractivity contribution in [2.24, 2.45) is 7.05 Å². The summed E-state index contributed by atoms with van der Waals surface area (Å²) < 4.78 is 6.94. The van der Waals surface area contributed by atoms with Crippen LogP contribution in [0.3, 0.4) is 0 Å². The smallest absolute Gasteiger partial charge is 0.258 e. The van der Waals surface area contributed by atoms with Crippen molar-refractivity contribution in [2.75, 3.05) is 6.61 Å². The topological polar surface area (TPSA) is 60.3 Å². The predicted molar refractivity (Wildman–Crippen MR) is 80.2 cm³/mol. The molecule has 0 radical (unpaired) electrons. The average molecular weight is 286 g/mol. The molecule has 5 nitrogen and oxygen atoms in total. The van der Waals surface area contributed by atoms with E-state index < -0.39 is 0 Å². The van der Waals surface area contributed by atoms with E-state index in [2.05, 4.69) is 5.32 Å². The molecule has 1 aromatic heterocycles. The first-order chi connectivity index (χ1) is 10.1. The summed E-state index contributed by atoms with van der Waals surface area (Å²) >= 11 is 0. The summed E-state index contributed by atoms with van der Waals surface area (Å²) in [5, 5.41) is 2.76. The third-order valence-corrected chi connectivity index (χ3v) is 3.09. The molecule has 0 fully saturated rings. The van der Waals surface area contributed by atoms with Gasteiger partial charge < -0.3 is 14.6 Å². The molecule has 1 amide bonds. The van der Waals surface area contributed by atoms with E-state index in [9.17, 15) is 9.59 Å². The Morgan fingerprint density at radius 2 is 2.00 bits per heavy atom. The molecule has 21 heavy (non-hydrogen) atoms. The molecule has 0 aliphatic heterocycles. The maximum atomic E-state index is 11.7. The minimum Gasteiger partial charge on any atom is -0.484 e. The van der Waals surface area contributed by atoms with Crippen molar-refractivity contribution in [1.29, 1.82) is 0 Å². The second-order valence-electron chi connectivity index (χ2n) is 4.82. The fourth-order valence-corrected chi connectivity index (χ4v) is 1.87. The lowest BCUT2D eigenvalue weighted by atomic mass is 10.2. The zero-order valence-corrected chi connectivity index (χ0v) is 12.1. The third-order valence-electron chi connectivity index (χ3n) is 3.09. The molecule has 2 rings (SSSR count). The van der Waals surface area contributed by atoms with Crippen molar-refractivity contribution in [3.05, 3.63) is 64.1 Å². The van der Waals surface area contributed by atoms with Gasteiger partial charge in [-0.05, 0) is 24.1 Å². The molecule has 0 aliphatic rings. The highest BCUT2D eigenvalue weighted by atomic mass is 16.5. The Morgan fingerprint density at radius 1 is 1.24 bits per heavy atom. The van der Waals surface area contributed by atoms with Gasteiger partial charge in [0, 0.05) is 25.9 Å². The number of carbonyl (C=O) groups is 1. The predicted octanol–water partition coefficient (Wildman–Crippen LogP) is 1.39. The quantitative estimate of drug-likeness (QED) is 0.903. The molecule has 1 aromatic carbocycles. The normalized spacial score (nSPS) is 10.2. The van der Waals surface area contributed by atoms with Crippen LogP contribution in [0.5, 0.6) is 5.75 Å². The highest BCUT2D eigenvalue weighted by Gasteiger charge is 2.04. The van der Waals surface area contributed by atoms with Crippen molar-refractivity contribution in [3.63, 3.8) is 0 Å². The molecule has 0 spiro atoms. The Balaban J connectivity index is 1.83. The number of para-hydroxylation sites is 1. The van der Waals surface area contributed by atoms with E-state index in [0.29, 0.717) is 12.3 Å². The van der Waals surface area contributed by atoms with E-state index in [1.165, 1.54) is 10.6 Å². The number of nitrogens with zero attached hydrogens (tertiary/aromatic N) is 1. The standard InChI is InChI=1S/C16H18N2O3/c1-12-5-3-4-6-14(12)21-11-15(19)17-9-13-7-8-16(20)18(2)10-13/h3-8,10H,9,11H2,1-2H3,(H,17,19). The molecule has 0 aliphatic carbocycles. The second kappa shape index (κ2) is 6.74. The number of amides is 1. The van der Waals surface area contributed by atoms with Gasteiger partial charge in [-0.25, -0.2) is 0 Å². The zero-order valence-electron chi connectivity index (χ0n) is 12.1. The van der Waals surface area contributed by atoms with E-state index in [4.69, 9.17) is 4.74 Å². The molecule has 0 saturated heterocycles. The number of hydrogen-bond acceptors (Lipinski definition) is 3. The SMILES string of the molecule is Cc1ccccc1OCC(=O)NCc1ccc(=O)n(C)c1. The number of aromatic nitrogens is 1. The first-order valence-electron chi connectivity index (χ1n) is 6.67. The van der Waals surface area contributed by atoms with Gasteiger partial charge in [0.05, 0.1) is 0 Å². The van der Waals surface area contributed by atoms with Gasteiger partial charge >= 0.3 is 0 Å². The van der Waals surface area contributed by atoms with Crippen LogP contribution < -0.4 is 15.6 Å². The maximum absolute atomic E-state index is 11.7. The summed E-state index contributed by atoms with van der Waals surface area (Å²) in [5.74, 6) is 0.502. The second-order valence-corrected chi connectivity index (χ2v) is 4.82. The van der Waals surface area contributed by atoms with Gasteiger partial charge in [-0.15, -0.1) is 0 Å². The fraction of sp³-hybridized carbons (Fsp3) is 0.250. The van der Waals surface area contributed by atoms with E-state index in [-0.39, 0.29) is 18.1 Å². The van der Waals surface area contributed by atoms with Crippen molar-refractivity contribution in [1.82, 2.24) is 9.88 Å². The molecule has 2 aromatic rings. The Bertz CT molecular complexity index is 692. The molecule has 0 unspecified atom stereocenters. The van der Waals surface area contributed by atoms with Crippen molar-refractivity contribution in [2.45, 2.75) is 13.5 Å². The molecule has 110 valence electrons. The van der Waals surface area contributed by atoms with Crippen molar-refractivity contribution in [3.8, 4) is 5.75 Å². The van der Waals surface area contributed by atoms with Gasteiger partial charge in [-0.2, -0.15) is 0 Å². The molecule has 1 N–H and O–H groups in total. The van der Waals surface area contributed by atoms with Crippen LogP contribution in [0.2, 0.25) is 0 Å². The highest BCUT2D eigenvalue weighted by molar-refractivity contribution is 5.77. The number of benzene rings is 1. The number of aryl methyl sites for hydroxylation is 2. The molecular weight excluding hydrogens is 268 g/mol. The molecule has 0 atom stereocenters. The van der Waals surface area contributed by atoms with Gasteiger partial charge in [0.2, 0.25) is 5.56 Å². The monoisotopic (exact) mass is 286 g/mol. The summed E-state index contributed by atoms with van der Waals surface area (Å²) in [6.07, 6.45) is 1.70. The highest BCUT2D eigenvalue weighted by Crippen LogP contribution is 2.15. The van der Waals surface area contributed by atoms with Crippen molar-refractivity contribution < 1.29 is 9.53 Å². The summed E-state index contributed by atoms with van der Waals surface area (Å²) in [7, 11) is 1.68. The molecule has 5 heteroatoms. The number of pyridine rings is 1. The van der Waals surface area contributed by atoms with Crippen LogP contribution >= 0.6 is 0 Å². The zero-order chi connectivity index (χ0) is 15.2. The Morgan fingerprint density at radius 3 is 2.71 bits per heavy atom. The number of nitrogens with one attached hydrogen (secondary N) is 1. The largest absolute Gasteiger partial charge is 0.484 e. The van der Waals surface area contributed by atoms with E-state index in [1.807, 2.05) is 31.2 Å². The van der Waals surface area contributed by atoms with Crippen LogP contribution in [0.1, 0.15) is 11.1 Å². The summed E-state index contributed by atoms with van der Waals surface area (Å²) in [6, 6.07) is 10.7.